The summed E-state index contributed by atoms with van der Waals surface area (Å²) in [5.74, 6) is 0.663. The molecule has 0 atom stereocenters. The van der Waals surface area contributed by atoms with Crippen molar-refractivity contribution in [1.29, 1.82) is 0 Å². The highest BCUT2D eigenvalue weighted by Crippen LogP contribution is 2.25. The standard InChI is InChI=1S/C19H32N2O2S/c1-19(2,3)24(22,23)21-18-11-9-17(10-12-18)15-20-14-13-16-7-5-4-6-8-16/h4-8,17-18,20-21H,9-15H2,1-3H3. The zero-order valence-corrected chi connectivity index (χ0v) is 16.0. The third kappa shape index (κ3) is 5.87. The van der Waals surface area contributed by atoms with Gasteiger partial charge in [0.05, 0.1) is 4.75 Å². The predicted octanol–water partition coefficient (Wildman–Crippen LogP) is 3.10. The Morgan fingerprint density at radius 1 is 1.04 bits per heavy atom. The summed E-state index contributed by atoms with van der Waals surface area (Å²) in [6.07, 6.45) is 5.13. The molecule has 2 N–H and O–H groups in total. The number of rotatable bonds is 7. The second-order valence-electron chi connectivity index (χ2n) is 7.89. The molecule has 0 unspecified atom stereocenters. The summed E-state index contributed by atoms with van der Waals surface area (Å²) in [4.78, 5) is 0. The second-order valence-corrected chi connectivity index (χ2v) is 10.4. The van der Waals surface area contributed by atoms with Crippen molar-refractivity contribution in [3.8, 4) is 0 Å². The highest BCUT2D eigenvalue weighted by molar-refractivity contribution is 7.90. The molecule has 0 bridgehead atoms. The van der Waals surface area contributed by atoms with E-state index in [0.717, 1.165) is 45.2 Å². The van der Waals surface area contributed by atoms with Crippen LogP contribution in [0, 0.1) is 5.92 Å². The molecule has 0 amide bonds. The summed E-state index contributed by atoms with van der Waals surface area (Å²) >= 11 is 0. The fraction of sp³-hybridized carbons (Fsp3) is 0.684. The summed E-state index contributed by atoms with van der Waals surface area (Å²) in [7, 11) is -3.23. The molecule has 24 heavy (non-hydrogen) atoms. The molecule has 0 saturated heterocycles. The van der Waals surface area contributed by atoms with E-state index in [-0.39, 0.29) is 6.04 Å². The number of nitrogens with one attached hydrogen (secondary N) is 2. The Bertz CT molecular complexity index is 586. The smallest absolute Gasteiger partial charge is 0.216 e. The monoisotopic (exact) mass is 352 g/mol. The van der Waals surface area contributed by atoms with Gasteiger partial charge in [0.2, 0.25) is 10.0 Å². The zero-order valence-electron chi connectivity index (χ0n) is 15.2. The van der Waals surface area contributed by atoms with Crippen LogP contribution >= 0.6 is 0 Å². The molecule has 2 rings (SSSR count). The molecule has 0 heterocycles. The predicted molar refractivity (Wildman–Crippen MR) is 101 cm³/mol. The second kappa shape index (κ2) is 8.45. The lowest BCUT2D eigenvalue weighted by atomic mass is 9.86. The van der Waals surface area contributed by atoms with E-state index in [1.165, 1.54) is 5.56 Å². The van der Waals surface area contributed by atoms with Gasteiger partial charge in [0.15, 0.2) is 0 Å². The summed E-state index contributed by atoms with van der Waals surface area (Å²) < 4.78 is 26.6. The molecular weight excluding hydrogens is 320 g/mol. The molecule has 4 nitrogen and oxygen atoms in total. The van der Waals surface area contributed by atoms with Crippen LogP contribution in [-0.2, 0) is 16.4 Å². The van der Waals surface area contributed by atoms with Crippen molar-refractivity contribution in [2.45, 2.75) is 63.7 Å². The average Bonchev–Trinajstić information content (AvgIpc) is 2.53. The van der Waals surface area contributed by atoms with E-state index in [2.05, 4.69) is 34.3 Å². The molecule has 1 fully saturated rings. The molecule has 5 heteroatoms. The van der Waals surface area contributed by atoms with Gasteiger partial charge in [0, 0.05) is 6.04 Å². The third-order valence-corrected chi connectivity index (χ3v) is 7.10. The van der Waals surface area contributed by atoms with Crippen LogP contribution in [0.4, 0.5) is 0 Å². The normalized spacial score (nSPS) is 22.5. The third-order valence-electron chi connectivity index (χ3n) is 4.84. The van der Waals surface area contributed by atoms with Gasteiger partial charge in [-0.2, -0.15) is 0 Å². The molecule has 0 spiro atoms. The van der Waals surface area contributed by atoms with E-state index in [1.54, 1.807) is 20.8 Å². The Morgan fingerprint density at radius 3 is 2.25 bits per heavy atom. The van der Waals surface area contributed by atoms with Crippen molar-refractivity contribution in [3.63, 3.8) is 0 Å². The minimum atomic E-state index is -3.23. The van der Waals surface area contributed by atoms with E-state index in [4.69, 9.17) is 0 Å². The number of hydrogen-bond donors (Lipinski definition) is 2. The Labute approximate surface area is 147 Å². The van der Waals surface area contributed by atoms with Crippen LogP contribution in [-0.4, -0.2) is 32.3 Å². The Hall–Kier alpha value is -0.910. The summed E-state index contributed by atoms with van der Waals surface area (Å²) in [6.45, 7) is 7.28. The van der Waals surface area contributed by atoms with Crippen LogP contribution < -0.4 is 10.0 Å². The lowest BCUT2D eigenvalue weighted by molar-refractivity contribution is 0.302. The van der Waals surface area contributed by atoms with E-state index in [0.29, 0.717) is 5.92 Å². The zero-order chi connectivity index (χ0) is 17.6. The molecule has 1 aliphatic rings. The Kier molecular flexibility index (Phi) is 6.84. The van der Waals surface area contributed by atoms with Gasteiger partial charge in [-0.1, -0.05) is 30.3 Å². The molecule has 0 aromatic heterocycles. The minimum absolute atomic E-state index is 0.106. The van der Waals surface area contributed by atoms with Crippen LogP contribution in [0.5, 0.6) is 0 Å². The lowest BCUT2D eigenvalue weighted by Crippen LogP contribution is -2.46. The maximum Gasteiger partial charge on any atom is 0.216 e. The van der Waals surface area contributed by atoms with Crippen LogP contribution in [0.2, 0.25) is 0 Å². The van der Waals surface area contributed by atoms with Gasteiger partial charge < -0.3 is 5.32 Å². The molecule has 1 aliphatic carbocycles. The first kappa shape index (κ1) is 19.4. The molecule has 1 aromatic rings. The Morgan fingerprint density at radius 2 is 1.67 bits per heavy atom. The first-order valence-electron chi connectivity index (χ1n) is 9.04. The largest absolute Gasteiger partial charge is 0.316 e. The van der Waals surface area contributed by atoms with Crippen molar-refractivity contribution in [2.24, 2.45) is 5.92 Å². The summed E-state index contributed by atoms with van der Waals surface area (Å²) in [6, 6.07) is 10.6. The van der Waals surface area contributed by atoms with Gasteiger partial charge in [0.1, 0.15) is 0 Å². The number of sulfonamides is 1. The van der Waals surface area contributed by atoms with Crippen molar-refractivity contribution < 1.29 is 8.42 Å². The fourth-order valence-electron chi connectivity index (χ4n) is 3.06. The average molecular weight is 353 g/mol. The van der Waals surface area contributed by atoms with Gasteiger partial charge in [-0.25, -0.2) is 13.1 Å². The maximum absolute atomic E-state index is 12.2. The maximum atomic E-state index is 12.2. The number of benzene rings is 1. The topological polar surface area (TPSA) is 58.2 Å². The SMILES string of the molecule is CC(C)(C)S(=O)(=O)NC1CCC(CNCCc2ccccc2)CC1. The van der Waals surface area contributed by atoms with Crippen LogP contribution in [0.15, 0.2) is 30.3 Å². The van der Waals surface area contributed by atoms with E-state index in [9.17, 15) is 8.42 Å². The molecule has 1 saturated carbocycles. The minimum Gasteiger partial charge on any atom is -0.316 e. The Balaban J connectivity index is 1.64. The molecule has 0 radical (unpaired) electrons. The molecule has 1 aromatic carbocycles. The number of hydrogen-bond acceptors (Lipinski definition) is 3. The van der Waals surface area contributed by atoms with Gasteiger partial charge in [-0.05, 0) is 77.4 Å². The summed E-state index contributed by atoms with van der Waals surface area (Å²) in [5, 5.41) is 3.55. The van der Waals surface area contributed by atoms with E-state index in [1.807, 2.05) is 6.07 Å². The van der Waals surface area contributed by atoms with Crippen molar-refractivity contribution in [2.75, 3.05) is 13.1 Å². The first-order chi connectivity index (χ1) is 11.3. The molecular formula is C19H32N2O2S. The first-order valence-corrected chi connectivity index (χ1v) is 10.5. The van der Waals surface area contributed by atoms with E-state index < -0.39 is 14.8 Å². The molecule has 136 valence electrons. The van der Waals surface area contributed by atoms with Crippen molar-refractivity contribution in [1.82, 2.24) is 10.0 Å². The molecule has 0 aliphatic heterocycles. The van der Waals surface area contributed by atoms with E-state index >= 15 is 0 Å². The van der Waals surface area contributed by atoms with Crippen molar-refractivity contribution in [3.05, 3.63) is 35.9 Å². The van der Waals surface area contributed by atoms with Gasteiger partial charge >= 0.3 is 0 Å². The highest BCUT2D eigenvalue weighted by Gasteiger charge is 2.32. The van der Waals surface area contributed by atoms with Crippen molar-refractivity contribution >= 4 is 10.0 Å². The van der Waals surface area contributed by atoms with Gasteiger partial charge in [-0.15, -0.1) is 0 Å². The van der Waals surface area contributed by atoms with Gasteiger partial charge in [0.25, 0.3) is 0 Å². The van der Waals surface area contributed by atoms with Gasteiger partial charge in [-0.3, -0.25) is 0 Å². The lowest BCUT2D eigenvalue weighted by Gasteiger charge is -2.31. The quantitative estimate of drug-likeness (QED) is 0.742. The fourth-order valence-corrected chi connectivity index (χ4v) is 4.09. The van der Waals surface area contributed by atoms with Crippen LogP contribution in [0.25, 0.3) is 0 Å². The summed E-state index contributed by atoms with van der Waals surface area (Å²) in [5.41, 5.74) is 1.37. The van der Waals surface area contributed by atoms with Crippen LogP contribution in [0.1, 0.15) is 52.0 Å². The van der Waals surface area contributed by atoms with Crippen LogP contribution in [0.3, 0.4) is 0 Å². The highest BCUT2D eigenvalue weighted by atomic mass is 32.2.